The van der Waals surface area contributed by atoms with Crippen LogP contribution in [0.15, 0.2) is 60.9 Å². The number of benzene rings is 2. The Morgan fingerprint density at radius 1 is 0.767 bits per heavy atom. The first-order valence-electron chi connectivity index (χ1n) is 14.2. The number of fused-ring (bicyclic) bond motifs is 2. The van der Waals surface area contributed by atoms with Crippen molar-refractivity contribution >= 4 is 58.1 Å². The Bertz CT molecular complexity index is 1600. The normalized spacial score (nSPS) is 14.3. The van der Waals surface area contributed by atoms with Gasteiger partial charge in [0.1, 0.15) is 18.1 Å². The molecule has 0 fully saturated rings. The van der Waals surface area contributed by atoms with Crippen LogP contribution >= 0.6 is 12.6 Å². The highest BCUT2D eigenvalue weighted by molar-refractivity contribution is 7.80. The summed E-state index contributed by atoms with van der Waals surface area (Å²) in [5.41, 5.74) is 9.77. The van der Waals surface area contributed by atoms with Gasteiger partial charge < -0.3 is 36.8 Å². The summed E-state index contributed by atoms with van der Waals surface area (Å²) in [5.74, 6) is -3.05. The van der Waals surface area contributed by atoms with Gasteiger partial charge in [0.25, 0.3) is 0 Å². The van der Waals surface area contributed by atoms with Crippen LogP contribution in [0.4, 0.5) is 0 Å². The Balaban J connectivity index is 1.51. The second-order valence-corrected chi connectivity index (χ2v) is 11.4. The number of hydrogen-bond donors (Lipinski definition) is 8. The van der Waals surface area contributed by atoms with Gasteiger partial charge in [0.15, 0.2) is 0 Å². The summed E-state index contributed by atoms with van der Waals surface area (Å²) in [6, 6.07) is 11.0. The first-order valence-corrected chi connectivity index (χ1v) is 14.8. The second kappa shape index (κ2) is 14.3. The van der Waals surface area contributed by atoms with E-state index in [1.54, 1.807) is 6.20 Å². The van der Waals surface area contributed by atoms with Crippen molar-refractivity contribution in [2.75, 3.05) is 5.75 Å². The zero-order chi connectivity index (χ0) is 31.1. The van der Waals surface area contributed by atoms with E-state index in [-0.39, 0.29) is 30.9 Å². The van der Waals surface area contributed by atoms with Crippen LogP contribution in [-0.4, -0.2) is 68.7 Å². The predicted octanol–water partition coefficient (Wildman–Crippen LogP) is 2.28. The topological polar surface area (TPSA) is 182 Å². The number of carboxylic acids is 1. The minimum atomic E-state index is -1.17. The number of nitrogens with two attached hydrogens (primary N) is 1. The molecule has 0 aliphatic heterocycles. The zero-order valence-electron chi connectivity index (χ0n) is 24.1. The molecular weight excluding hydrogens is 568 g/mol. The monoisotopic (exact) mass is 606 g/mol. The average molecular weight is 607 g/mol. The van der Waals surface area contributed by atoms with Crippen LogP contribution in [0, 0.1) is 5.92 Å². The molecule has 0 aliphatic rings. The SMILES string of the molecule is CC(C)CC(NC(=O)C(CS)NC(=O)C(Cc1c[nH]c2ccccc12)NC(=O)C(N)Cc1c[nH]c2ccccc12)C(=O)O. The molecule has 43 heavy (non-hydrogen) atoms. The van der Waals surface area contributed by atoms with Crippen LogP contribution in [-0.2, 0) is 32.0 Å². The highest BCUT2D eigenvalue weighted by Crippen LogP contribution is 2.21. The molecule has 0 radical (unpaired) electrons. The van der Waals surface area contributed by atoms with Gasteiger partial charge in [-0.25, -0.2) is 4.79 Å². The lowest BCUT2D eigenvalue weighted by atomic mass is 10.0. The van der Waals surface area contributed by atoms with Gasteiger partial charge in [-0.1, -0.05) is 50.2 Å². The Morgan fingerprint density at radius 3 is 1.79 bits per heavy atom. The molecule has 0 bridgehead atoms. The number of hydrogen-bond acceptors (Lipinski definition) is 6. The summed E-state index contributed by atoms with van der Waals surface area (Å²) in [6.07, 6.45) is 4.17. The summed E-state index contributed by atoms with van der Waals surface area (Å²) < 4.78 is 0. The fourth-order valence-corrected chi connectivity index (χ4v) is 5.33. The molecule has 0 aliphatic carbocycles. The molecule has 12 heteroatoms. The summed E-state index contributed by atoms with van der Waals surface area (Å²) in [7, 11) is 0. The number of amides is 3. The number of H-pyrrole nitrogens is 2. The first kappa shape index (κ1) is 31.6. The van der Waals surface area contributed by atoms with E-state index >= 15 is 0 Å². The van der Waals surface area contributed by atoms with Gasteiger partial charge in [-0.3, -0.25) is 14.4 Å². The Morgan fingerprint density at radius 2 is 1.26 bits per heavy atom. The molecular formula is C31H38N6O5S. The second-order valence-electron chi connectivity index (χ2n) is 11.1. The van der Waals surface area contributed by atoms with E-state index in [0.717, 1.165) is 32.9 Å². The minimum absolute atomic E-state index is 0.0228. The number of nitrogens with one attached hydrogen (secondary N) is 5. The number of carbonyl (C=O) groups is 4. The quantitative estimate of drug-likeness (QED) is 0.102. The van der Waals surface area contributed by atoms with Crippen molar-refractivity contribution in [2.24, 2.45) is 11.7 Å². The zero-order valence-corrected chi connectivity index (χ0v) is 25.0. The van der Waals surface area contributed by atoms with Crippen LogP contribution in [0.3, 0.4) is 0 Å². The fourth-order valence-electron chi connectivity index (χ4n) is 5.07. The molecule has 2 aromatic heterocycles. The van der Waals surface area contributed by atoms with Crippen molar-refractivity contribution in [3.05, 3.63) is 72.1 Å². The van der Waals surface area contributed by atoms with Crippen molar-refractivity contribution in [1.29, 1.82) is 0 Å². The largest absolute Gasteiger partial charge is 0.480 e. The lowest BCUT2D eigenvalue weighted by Crippen LogP contribution is -2.58. The maximum absolute atomic E-state index is 13.6. The molecule has 2 aromatic carbocycles. The molecule has 0 saturated carbocycles. The lowest BCUT2D eigenvalue weighted by Gasteiger charge is -2.25. The number of carbonyl (C=O) groups excluding carboxylic acids is 3. The number of thiol groups is 1. The Hall–Kier alpha value is -4.29. The molecule has 4 atom stereocenters. The summed E-state index contributed by atoms with van der Waals surface area (Å²) in [6.45, 7) is 3.70. The molecule has 4 aromatic rings. The van der Waals surface area contributed by atoms with Crippen molar-refractivity contribution in [3.63, 3.8) is 0 Å². The first-order chi connectivity index (χ1) is 20.6. The van der Waals surface area contributed by atoms with E-state index < -0.39 is 47.9 Å². The standard InChI is InChI=1S/C31H38N6O5S/c1-17(2)11-26(31(41)42)36-30(40)27(16-43)37-29(39)25(13-19-15-34-24-10-6-4-8-21(19)24)35-28(38)22(32)12-18-14-33-23-9-5-3-7-20(18)23/h3-10,14-15,17,22,25-27,33-34,43H,11-13,16,32H2,1-2H3,(H,35,38)(H,36,40)(H,37,39)(H,41,42). The van der Waals surface area contributed by atoms with Crippen LogP contribution in [0.5, 0.6) is 0 Å². The number of aromatic nitrogens is 2. The summed E-state index contributed by atoms with van der Waals surface area (Å²) >= 11 is 4.22. The van der Waals surface area contributed by atoms with Crippen molar-refractivity contribution in [1.82, 2.24) is 25.9 Å². The van der Waals surface area contributed by atoms with Gasteiger partial charge in [0, 0.05) is 46.4 Å². The van der Waals surface area contributed by atoms with Crippen molar-refractivity contribution < 1.29 is 24.3 Å². The summed E-state index contributed by atoms with van der Waals surface area (Å²) in [4.78, 5) is 57.9. The van der Waals surface area contributed by atoms with Crippen LogP contribution in [0.1, 0.15) is 31.4 Å². The fraction of sp³-hybridized carbons (Fsp3) is 0.355. The van der Waals surface area contributed by atoms with E-state index in [0.29, 0.717) is 0 Å². The third-order valence-electron chi connectivity index (χ3n) is 7.32. The summed E-state index contributed by atoms with van der Waals surface area (Å²) in [5, 5.41) is 19.3. The van der Waals surface area contributed by atoms with Gasteiger partial charge in [0.05, 0.1) is 6.04 Å². The Labute approximate surface area is 254 Å². The molecule has 11 nitrogen and oxygen atoms in total. The maximum Gasteiger partial charge on any atom is 0.326 e. The van der Waals surface area contributed by atoms with E-state index in [4.69, 9.17) is 5.73 Å². The lowest BCUT2D eigenvalue weighted by molar-refractivity contribution is -0.142. The van der Waals surface area contributed by atoms with Gasteiger partial charge >= 0.3 is 5.97 Å². The van der Waals surface area contributed by atoms with Gasteiger partial charge in [0.2, 0.25) is 17.7 Å². The van der Waals surface area contributed by atoms with Gasteiger partial charge in [-0.2, -0.15) is 12.6 Å². The van der Waals surface area contributed by atoms with Crippen LogP contribution < -0.4 is 21.7 Å². The third kappa shape index (κ3) is 7.96. The van der Waals surface area contributed by atoms with Crippen molar-refractivity contribution in [3.8, 4) is 0 Å². The molecule has 8 N–H and O–H groups in total. The van der Waals surface area contributed by atoms with E-state index in [9.17, 15) is 24.3 Å². The third-order valence-corrected chi connectivity index (χ3v) is 7.69. The molecule has 228 valence electrons. The molecule has 0 spiro atoms. The van der Waals surface area contributed by atoms with Gasteiger partial charge in [-0.05, 0) is 42.0 Å². The van der Waals surface area contributed by atoms with E-state index in [1.165, 1.54) is 0 Å². The molecule has 4 rings (SSSR count). The van der Waals surface area contributed by atoms with Crippen LogP contribution in [0.2, 0.25) is 0 Å². The Kier molecular flexibility index (Phi) is 10.5. The predicted molar refractivity (Wildman–Crippen MR) is 169 cm³/mol. The number of rotatable bonds is 14. The van der Waals surface area contributed by atoms with Crippen LogP contribution in [0.25, 0.3) is 21.8 Å². The van der Waals surface area contributed by atoms with E-state index in [2.05, 4.69) is 38.5 Å². The number of para-hydroxylation sites is 2. The average Bonchev–Trinajstić information content (AvgIpc) is 3.58. The number of aliphatic carboxylic acids is 1. The molecule has 4 unspecified atom stereocenters. The highest BCUT2D eigenvalue weighted by Gasteiger charge is 2.31. The van der Waals surface area contributed by atoms with Gasteiger partial charge in [-0.15, -0.1) is 0 Å². The highest BCUT2D eigenvalue weighted by atomic mass is 32.1. The van der Waals surface area contributed by atoms with E-state index in [1.807, 2.05) is 68.6 Å². The smallest absolute Gasteiger partial charge is 0.326 e. The number of aromatic amines is 2. The molecule has 2 heterocycles. The minimum Gasteiger partial charge on any atom is -0.480 e. The molecule has 0 saturated heterocycles. The van der Waals surface area contributed by atoms with Crippen molar-refractivity contribution in [2.45, 2.75) is 57.3 Å². The number of carboxylic acid groups (broad SMARTS) is 1. The molecule has 3 amide bonds. The maximum atomic E-state index is 13.6.